The molecule has 0 bridgehead atoms. The molecule has 0 heterocycles. The van der Waals surface area contributed by atoms with E-state index in [1.54, 1.807) is 12.1 Å². The van der Waals surface area contributed by atoms with Crippen LogP contribution in [0.15, 0.2) is 18.2 Å². The van der Waals surface area contributed by atoms with Gasteiger partial charge in [0.05, 0.1) is 10.7 Å². The third-order valence-electron chi connectivity index (χ3n) is 2.11. The fourth-order valence-corrected chi connectivity index (χ4v) is 1.66. The van der Waals surface area contributed by atoms with Gasteiger partial charge in [-0.1, -0.05) is 17.7 Å². The number of amides is 2. The van der Waals surface area contributed by atoms with Crippen LogP contribution in [0.4, 0.5) is 10.5 Å². The average molecular weight is 283 g/mol. The van der Waals surface area contributed by atoms with Gasteiger partial charge in [-0.05, 0) is 45.4 Å². The van der Waals surface area contributed by atoms with E-state index in [0.717, 1.165) is 5.56 Å². The molecule has 0 aliphatic heterocycles. The van der Waals surface area contributed by atoms with Gasteiger partial charge in [0.1, 0.15) is 0 Å². The Hall–Kier alpha value is -1.75. The fraction of sp³-hybridized carbons (Fsp3) is 0.385. The molecule has 0 saturated heterocycles. The summed E-state index contributed by atoms with van der Waals surface area (Å²) in [5.41, 5.74) is 1.25. The Morgan fingerprint density at radius 2 is 1.95 bits per heavy atom. The lowest BCUT2D eigenvalue weighted by Gasteiger charge is -2.21. The summed E-state index contributed by atoms with van der Waals surface area (Å²) in [4.78, 5) is 11.6. The summed E-state index contributed by atoms with van der Waals surface area (Å²) in [5, 5.41) is 16.0. The summed E-state index contributed by atoms with van der Waals surface area (Å²) in [6, 6.07) is 4.98. The van der Waals surface area contributed by atoms with E-state index in [4.69, 9.17) is 17.0 Å². The number of hydrogen-bond donors (Lipinski definition) is 4. The van der Waals surface area contributed by atoms with Crippen molar-refractivity contribution < 1.29 is 4.79 Å². The summed E-state index contributed by atoms with van der Waals surface area (Å²) >= 11 is 6.03. The van der Waals surface area contributed by atoms with Gasteiger partial charge in [0.2, 0.25) is 5.96 Å². The predicted molar refractivity (Wildman–Crippen MR) is 79.0 cm³/mol. The lowest BCUT2D eigenvalue weighted by Crippen LogP contribution is -2.49. The number of rotatable bonds is 1. The molecular formula is C13H19ClN4O. The van der Waals surface area contributed by atoms with E-state index < -0.39 is 6.03 Å². The van der Waals surface area contributed by atoms with Crippen LogP contribution in [0, 0.1) is 12.3 Å². The first-order valence-electron chi connectivity index (χ1n) is 5.88. The van der Waals surface area contributed by atoms with E-state index in [0.29, 0.717) is 10.7 Å². The molecule has 0 aliphatic rings. The zero-order valence-electron chi connectivity index (χ0n) is 11.5. The highest BCUT2D eigenvalue weighted by atomic mass is 35.5. The average Bonchev–Trinajstić information content (AvgIpc) is 2.19. The van der Waals surface area contributed by atoms with Crippen LogP contribution >= 0.6 is 11.6 Å². The molecule has 0 fully saturated rings. The van der Waals surface area contributed by atoms with Crippen LogP contribution in [0.3, 0.4) is 0 Å². The van der Waals surface area contributed by atoms with E-state index in [2.05, 4.69) is 16.0 Å². The molecular weight excluding hydrogens is 264 g/mol. The molecule has 0 spiro atoms. The minimum absolute atomic E-state index is 0.132. The molecule has 1 aromatic carbocycles. The van der Waals surface area contributed by atoms with Gasteiger partial charge in [-0.3, -0.25) is 10.7 Å². The maximum absolute atomic E-state index is 11.6. The Morgan fingerprint density at radius 3 is 2.47 bits per heavy atom. The second-order valence-corrected chi connectivity index (χ2v) is 5.72. The summed E-state index contributed by atoms with van der Waals surface area (Å²) in [7, 11) is 0. The first kappa shape index (κ1) is 15.3. The molecule has 19 heavy (non-hydrogen) atoms. The van der Waals surface area contributed by atoms with Crippen molar-refractivity contribution in [2.75, 3.05) is 5.32 Å². The van der Waals surface area contributed by atoms with Crippen molar-refractivity contribution in [3.8, 4) is 0 Å². The van der Waals surface area contributed by atoms with Gasteiger partial charge in [-0.15, -0.1) is 0 Å². The van der Waals surface area contributed by atoms with Crippen molar-refractivity contribution in [3.05, 3.63) is 28.8 Å². The Balaban J connectivity index is 2.58. The van der Waals surface area contributed by atoms with Crippen LogP contribution < -0.4 is 16.0 Å². The Kier molecular flexibility index (Phi) is 4.78. The molecule has 0 aliphatic carbocycles. The summed E-state index contributed by atoms with van der Waals surface area (Å²) in [6.45, 7) is 7.51. The molecule has 6 heteroatoms. The number of aryl methyl sites for hydroxylation is 1. The van der Waals surface area contributed by atoms with Crippen molar-refractivity contribution in [3.63, 3.8) is 0 Å². The van der Waals surface area contributed by atoms with Crippen LogP contribution in [0.5, 0.6) is 0 Å². The molecule has 2 amide bonds. The number of hydrogen-bond acceptors (Lipinski definition) is 2. The van der Waals surface area contributed by atoms with Crippen LogP contribution in [0.25, 0.3) is 0 Å². The number of anilines is 1. The molecule has 0 aromatic heterocycles. The monoisotopic (exact) mass is 282 g/mol. The van der Waals surface area contributed by atoms with Crippen LogP contribution in [0.1, 0.15) is 26.3 Å². The normalized spacial score (nSPS) is 10.8. The lowest BCUT2D eigenvalue weighted by atomic mass is 10.1. The number of carbonyl (C=O) groups excluding carboxylic acids is 1. The maximum atomic E-state index is 11.6. The fourth-order valence-electron chi connectivity index (χ4n) is 1.37. The molecule has 0 radical (unpaired) electrons. The number of nitrogens with one attached hydrogen (secondary N) is 4. The van der Waals surface area contributed by atoms with E-state index in [1.165, 1.54) is 0 Å². The highest BCUT2D eigenvalue weighted by Gasteiger charge is 2.14. The summed E-state index contributed by atoms with van der Waals surface area (Å²) in [5.74, 6) is -0.132. The molecule has 4 N–H and O–H groups in total. The lowest BCUT2D eigenvalue weighted by molar-refractivity contribution is 0.236. The zero-order valence-corrected chi connectivity index (χ0v) is 12.3. The smallest absolute Gasteiger partial charge is 0.321 e. The largest absolute Gasteiger partial charge is 0.333 e. The predicted octanol–water partition coefficient (Wildman–Crippen LogP) is 3.09. The van der Waals surface area contributed by atoms with Gasteiger partial charge >= 0.3 is 6.03 Å². The number of carbonyl (C=O) groups is 1. The SMILES string of the molecule is Cc1ccc(NC(=N)NC(=O)NC(C)(C)C)c(Cl)c1. The van der Waals surface area contributed by atoms with E-state index in [1.807, 2.05) is 33.8 Å². The number of halogens is 1. The maximum Gasteiger partial charge on any atom is 0.321 e. The van der Waals surface area contributed by atoms with Crippen LogP contribution in [0.2, 0.25) is 5.02 Å². The standard InChI is InChI=1S/C13H19ClN4O/c1-8-5-6-10(9(14)7-8)16-11(15)17-12(19)18-13(2,3)4/h5-7H,1-4H3,(H4,15,16,17,18,19). The topological polar surface area (TPSA) is 77.0 Å². The van der Waals surface area contributed by atoms with Crippen LogP contribution in [-0.4, -0.2) is 17.5 Å². The number of benzene rings is 1. The van der Waals surface area contributed by atoms with Crippen molar-refractivity contribution in [2.24, 2.45) is 0 Å². The third-order valence-corrected chi connectivity index (χ3v) is 2.42. The third kappa shape index (κ3) is 5.61. The van der Waals surface area contributed by atoms with Gasteiger partial charge in [0, 0.05) is 5.54 Å². The Bertz CT molecular complexity index is 494. The van der Waals surface area contributed by atoms with E-state index in [9.17, 15) is 4.79 Å². The molecule has 0 saturated carbocycles. The zero-order chi connectivity index (χ0) is 14.6. The van der Waals surface area contributed by atoms with Crippen molar-refractivity contribution >= 4 is 29.3 Å². The summed E-state index contributed by atoms with van der Waals surface area (Å²) < 4.78 is 0. The molecule has 1 aromatic rings. The second kappa shape index (κ2) is 5.93. The van der Waals surface area contributed by atoms with Gasteiger partial charge < -0.3 is 10.6 Å². The van der Waals surface area contributed by atoms with Crippen molar-refractivity contribution in [1.82, 2.24) is 10.6 Å². The minimum atomic E-state index is -0.437. The molecule has 0 unspecified atom stereocenters. The molecule has 5 nitrogen and oxygen atoms in total. The molecule has 104 valence electrons. The van der Waals surface area contributed by atoms with E-state index in [-0.39, 0.29) is 11.5 Å². The van der Waals surface area contributed by atoms with Gasteiger partial charge in [0.15, 0.2) is 0 Å². The van der Waals surface area contributed by atoms with Crippen molar-refractivity contribution in [2.45, 2.75) is 33.2 Å². The molecule has 1 rings (SSSR count). The van der Waals surface area contributed by atoms with Gasteiger partial charge in [-0.2, -0.15) is 0 Å². The number of urea groups is 1. The first-order valence-corrected chi connectivity index (χ1v) is 6.26. The Labute approximate surface area is 118 Å². The summed E-state index contributed by atoms with van der Waals surface area (Å²) in [6.07, 6.45) is 0. The number of guanidine groups is 1. The Morgan fingerprint density at radius 1 is 1.32 bits per heavy atom. The highest BCUT2D eigenvalue weighted by Crippen LogP contribution is 2.22. The second-order valence-electron chi connectivity index (χ2n) is 5.31. The van der Waals surface area contributed by atoms with Gasteiger partial charge in [-0.25, -0.2) is 4.79 Å². The van der Waals surface area contributed by atoms with Crippen molar-refractivity contribution in [1.29, 1.82) is 5.41 Å². The van der Waals surface area contributed by atoms with E-state index >= 15 is 0 Å². The highest BCUT2D eigenvalue weighted by molar-refractivity contribution is 6.33. The van der Waals surface area contributed by atoms with Gasteiger partial charge in [0.25, 0.3) is 0 Å². The quantitative estimate of drug-likeness (QED) is 0.472. The first-order chi connectivity index (χ1) is 8.67. The molecule has 0 atom stereocenters. The minimum Gasteiger partial charge on any atom is -0.333 e. The van der Waals surface area contributed by atoms with Crippen LogP contribution in [-0.2, 0) is 0 Å².